The minimum atomic E-state index is -2.58. The summed E-state index contributed by atoms with van der Waals surface area (Å²) in [4.78, 5) is 0. The molecule has 24 heteroatoms. The van der Waals surface area contributed by atoms with Crippen LogP contribution < -0.4 is 0 Å². The van der Waals surface area contributed by atoms with Crippen LogP contribution in [0.1, 0.15) is 101 Å². The van der Waals surface area contributed by atoms with Crippen LogP contribution in [-0.2, 0) is 39.8 Å². The van der Waals surface area contributed by atoms with E-state index in [2.05, 4.69) is 32.4 Å². The highest BCUT2D eigenvalue weighted by molar-refractivity contribution is 9.29. The molecule has 336 valence electrons. The van der Waals surface area contributed by atoms with Gasteiger partial charge in [0.2, 0.25) is 0 Å². The minimum Gasteiger partial charge on any atom is -0.374 e. The Labute approximate surface area is 390 Å². The van der Waals surface area contributed by atoms with E-state index in [-0.39, 0.29) is 4.08 Å². The molecule has 1 saturated carbocycles. The van der Waals surface area contributed by atoms with E-state index < -0.39 is 26.4 Å². The highest BCUT2D eigenvalue weighted by Gasteiger charge is 2.46. The van der Waals surface area contributed by atoms with Gasteiger partial charge < -0.3 is 39.8 Å². The molecule has 0 aromatic rings. The second-order valence-corrected chi connectivity index (χ2v) is 38.8. The smallest absolute Gasteiger partial charge is 0.374 e. The molecule has 0 N–H and O–H groups in total. The van der Waals surface area contributed by atoms with Gasteiger partial charge in [0.05, 0.1) is 4.08 Å². The zero-order chi connectivity index (χ0) is 41.3. The van der Waals surface area contributed by atoms with Gasteiger partial charge in [-0.15, -0.1) is 0 Å². The summed E-state index contributed by atoms with van der Waals surface area (Å²) in [6.45, 7) is 23.9. The van der Waals surface area contributed by atoms with E-state index in [0.29, 0.717) is 64.7 Å². The maximum absolute atomic E-state index is 6.07. The van der Waals surface area contributed by atoms with Crippen LogP contribution in [0.2, 0.25) is 18.1 Å². The highest BCUT2D eigenvalue weighted by Crippen LogP contribution is 2.68. The van der Waals surface area contributed by atoms with Crippen LogP contribution in [0, 0.1) is 0 Å². The Hall–Kier alpha value is 4.49. The van der Waals surface area contributed by atoms with Gasteiger partial charge in [-0.3, -0.25) is 0 Å². The van der Waals surface area contributed by atoms with E-state index in [1.807, 2.05) is 154 Å². The Balaban J connectivity index is 2.71. The normalized spacial score (nSPS) is 16.3. The average Bonchev–Trinajstić information content (AvgIpc) is 3.56. The first kappa shape index (κ1) is 58.5. The molecule has 9 nitrogen and oxygen atoms in total. The monoisotopic (exact) mass is 1070 g/mol. The molecule has 0 bridgehead atoms. The van der Waals surface area contributed by atoms with Crippen molar-refractivity contribution >= 4 is 150 Å². The second-order valence-electron chi connectivity index (χ2n) is 11.6. The average molecular weight is 1070 g/mol. The van der Waals surface area contributed by atoms with Crippen LogP contribution in [0.4, 0.5) is 0 Å². The fourth-order valence-corrected chi connectivity index (χ4v) is 38.5. The summed E-state index contributed by atoms with van der Waals surface area (Å²) in [6.07, 6.45) is 6.83. The van der Waals surface area contributed by atoms with E-state index in [1.165, 1.54) is 19.3 Å². The highest BCUT2D eigenvalue weighted by atomic mass is 33.7. The van der Waals surface area contributed by atoms with Crippen LogP contribution in [0.25, 0.3) is 0 Å². The topological polar surface area (TPSA) is 83.1 Å². The molecule has 1 rings (SSSR count). The predicted octanol–water partition coefficient (Wildman–Crippen LogP) is 14.6. The van der Waals surface area contributed by atoms with Crippen molar-refractivity contribution in [3.8, 4) is 0 Å². The predicted molar refractivity (Wildman–Crippen MR) is 276 cm³/mol. The third-order valence-corrected chi connectivity index (χ3v) is 39.5. The molecule has 0 saturated heterocycles. The molecule has 1 fully saturated rings. The zero-order valence-electron chi connectivity index (χ0n) is 35.0. The van der Waals surface area contributed by atoms with Gasteiger partial charge in [0.25, 0.3) is 0 Å². The molecule has 0 aliphatic heterocycles. The van der Waals surface area contributed by atoms with Gasteiger partial charge in [-0.2, -0.15) is 0 Å². The molecule has 56 heavy (non-hydrogen) atoms. The lowest BCUT2D eigenvalue weighted by atomic mass is 10.3. The molecule has 0 radical (unpaired) electrons. The first-order valence-electron chi connectivity index (χ1n) is 19.9. The maximum atomic E-state index is 6.07. The molecule has 1 unspecified atom stereocenters. The Morgan fingerprint density at radius 2 is 0.732 bits per heavy atom. The number of hydrogen-bond donors (Lipinski definition) is 0. The van der Waals surface area contributed by atoms with Crippen LogP contribution in [-0.4, -0.2) is 112 Å². The molecular weight excluding hydrogens is 997 g/mol. The van der Waals surface area contributed by atoms with Gasteiger partial charge in [-0.05, 0) is 160 Å². The Kier molecular flexibility index (Phi) is 39.4. The number of rotatable bonds is 42. The fraction of sp³-hybridized carbons (Fsp3) is 1.00. The Morgan fingerprint density at radius 3 is 1.04 bits per heavy atom. The molecule has 1 atom stereocenters. The molecule has 0 spiro atoms. The molecule has 1 aliphatic carbocycles. The van der Waals surface area contributed by atoms with Crippen molar-refractivity contribution in [2.24, 2.45) is 0 Å². The van der Waals surface area contributed by atoms with Crippen LogP contribution in [0.3, 0.4) is 0 Å². The van der Waals surface area contributed by atoms with E-state index in [0.717, 1.165) is 54.7 Å². The van der Waals surface area contributed by atoms with Gasteiger partial charge in [0.1, 0.15) is 0 Å². The fourth-order valence-electron chi connectivity index (χ4n) is 5.65. The van der Waals surface area contributed by atoms with Crippen molar-refractivity contribution in [1.82, 2.24) is 0 Å². The lowest BCUT2D eigenvalue weighted by Crippen LogP contribution is -2.46. The first-order valence-corrected chi connectivity index (χ1v) is 40.7. The van der Waals surface area contributed by atoms with E-state index in [1.54, 1.807) is 0 Å². The third kappa shape index (κ3) is 24.7. The summed E-state index contributed by atoms with van der Waals surface area (Å²) in [7, 11) is 15.9. The summed E-state index contributed by atoms with van der Waals surface area (Å²) in [5, 5.41) is 0.575. The summed E-state index contributed by atoms with van der Waals surface area (Å²) in [5.74, 6) is 3.15. The van der Waals surface area contributed by atoms with Crippen molar-refractivity contribution in [2.75, 3.05) is 76.7 Å². The zero-order valence-corrected chi connectivity index (χ0v) is 47.8. The van der Waals surface area contributed by atoms with Crippen molar-refractivity contribution < 1.29 is 39.8 Å². The van der Waals surface area contributed by atoms with Gasteiger partial charge in [-0.1, -0.05) is 64.8 Å². The molecule has 0 aromatic heterocycles. The molecular formula is C32H70O9S12Si3. The molecule has 0 aromatic carbocycles. The lowest BCUT2D eigenvalue weighted by molar-refractivity contribution is 0.0704. The summed E-state index contributed by atoms with van der Waals surface area (Å²) >= 11 is 0. The van der Waals surface area contributed by atoms with E-state index in [4.69, 9.17) is 39.8 Å². The van der Waals surface area contributed by atoms with Crippen LogP contribution in [0.15, 0.2) is 0 Å². The Bertz CT molecular complexity index is 833. The summed E-state index contributed by atoms with van der Waals surface area (Å²) in [5.41, 5.74) is 0. The Morgan fingerprint density at radius 1 is 0.429 bits per heavy atom. The lowest BCUT2D eigenvalue weighted by Gasteiger charge is -2.31. The van der Waals surface area contributed by atoms with Crippen molar-refractivity contribution in [3.05, 3.63) is 0 Å². The van der Waals surface area contributed by atoms with Crippen molar-refractivity contribution in [2.45, 2.75) is 128 Å². The SMILES string of the molecule is CCO[Si](CCCSSSSC1CCCC1(SSSSCCC[Si](OCC)(OCC)OCC)SSSSCCC[Si](OCC)(OCC)OCC)(OCC)OCC. The molecule has 0 heterocycles. The molecule has 1 aliphatic rings. The minimum absolute atomic E-state index is 0.152. The summed E-state index contributed by atoms with van der Waals surface area (Å²) in [6, 6.07) is 2.60. The van der Waals surface area contributed by atoms with Crippen molar-refractivity contribution in [1.29, 1.82) is 0 Å². The van der Waals surface area contributed by atoms with Gasteiger partial charge in [0, 0.05) is 100 Å². The van der Waals surface area contributed by atoms with Gasteiger partial charge in [0.15, 0.2) is 0 Å². The largest absolute Gasteiger partial charge is 0.500 e. The van der Waals surface area contributed by atoms with Crippen molar-refractivity contribution in [3.63, 3.8) is 0 Å². The standard InChI is InChI=1S/C32H70O9S12Si3/c1-10-33-54(34-11-2,35-12-3)28-20-25-42-48-51-45-31-23-19-24-32(31,46-52-49-43-26-21-29-55(36-13-4,37-14-5)38-15-6)47-53-50-44-27-22-30-56(39-16-7,40-17-8)41-18-9/h31H,10-30H2,1-9H3. The van der Waals surface area contributed by atoms with Gasteiger partial charge in [-0.25, -0.2) is 0 Å². The van der Waals surface area contributed by atoms with E-state index in [9.17, 15) is 0 Å². The third-order valence-electron chi connectivity index (χ3n) is 7.63. The van der Waals surface area contributed by atoms with Gasteiger partial charge >= 0.3 is 26.4 Å². The summed E-state index contributed by atoms with van der Waals surface area (Å²) < 4.78 is 54.7. The van der Waals surface area contributed by atoms with E-state index >= 15 is 0 Å². The quantitative estimate of drug-likeness (QED) is 0.0251. The number of hydrogen-bond acceptors (Lipinski definition) is 21. The molecule has 0 amide bonds. The second kappa shape index (κ2) is 37.7. The first-order chi connectivity index (χ1) is 27.3. The van der Waals surface area contributed by atoms with Crippen LogP contribution in [0.5, 0.6) is 0 Å². The van der Waals surface area contributed by atoms with Crippen LogP contribution >= 0.6 is 124 Å². The maximum Gasteiger partial charge on any atom is 0.500 e.